The molecule has 7 heteroatoms. The van der Waals surface area contributed by atoms with Crippen molar-refractivity contribution in [2.24, 2.45) is 0 Å². The third-order valence-corrected chi connectivity index (χ3v) is 4.80. The summed E-state index contributed by atoms with van der Waals surface area (Å²) >= 11 is 1.46. The van der Waals surface area contributed by atoms with Crippen LogP contribution in [0.3, 0.4) is 0 Å². The zero-order valence-corrected chi connectivity index (χ0v) is 15.8. The maximum absolute atomic E-state index is 12.9. The molecule has 0 fully saturated rings. The van der Waals surface area contributed by atoms with Gasteiger partial charge < -0.3 is 9.15 Å². The summed E-state index contributed by atoms with van der Waals surface area (Å²) in [7, 11) is 0. The van der Waals surface area contributed by atoms with Gasteiger partial charge >= 0.3 is 5.97 Å². The Kier molecular flexibility index (Phi) is 6.24. The zero-order chi connectivity index (χ0) is 19.2. The minimum Gasteiger partial charge on any atom is -0.453 e. The largest absolute Gasteiger partial charge is 0.453 e. The van der Waals surface area contributed by atoms with E-state index in [2.05, 4.69) is 10.2 Å². The number of benzene rings is 2. The first-order valence-corrected chi connectivity index (χ1v) is 9.48. The number of carbonyl (C=O) groups is 1. The molecular formula is C20H19FN2O3S. The molecule has 0 aliphatic carbocycles. The molecule has 0 amide bonds. The second-order valence-electron chi connectivity index (χ2n) is 6.00. The Morgan fingerprint density at radius 3 is 2.56 bits per heavy atom. The van der Waals surface area contributed by atoms with E-state index in [4.69, 9.17) is 9.15 Å². The van der Waals surface area contributed by atoms with Gasteiger partial charge in [0.2, 0.25) is 5.89 Å². The van der Waals surface area contributed by atoms with Gasteiger partial charge in [0.05, 0.1) is 6.42 Å². The predicted octanol–water partition coefficient (Wildman–Crippen LogP) is 4.97. The van der Waals surface area contributed by atoms with E-state index in [0.29, 0.717) is 11.6 Å². The van der Waals surface area contributed by atoms with Gasteiger partial charge in [0.15, 0.2) is 6.10 Å². The molecule has 0 bridgehead atoms. The fourth-order valence-electron chi connectivity index (χ4n) is 2.30. The lowest BCUT2D eigenvalue weighted by Gasteiger charge is -2.09. The maximum atomic E-state index is 12.9. The molecule has 0 spiro atoms. The lowest BCUT2D eigenvalue weighted by atomic mass is 10.1. The van der Waals surface area contributed by atoms with E-state index in [1.54, 1.807) is 19.1 Å². The van der Waals surface area contributed by atoms with Crippen LogP contribution in [0.5, 0.6) is 0 Å². The summed E-state index contributed by atoms with van der Waals surface area (Å²) in [5.74, 6) is 0.546. The summed E-state index contributed by atoms with van der Waals surface area (Å²) < 4.78 is 23.8. The highest BCUT2D eigenvalue weighted by molar-refractivity contribution is 7.99. The van der Waals surface area contributed by atoms with Gasteiger partial charge in [-0.15, -0.1) is 22.0 Å². The molecule has 0 aliphatic rings. The molecule has 0 aliphatic heterocycles. The molecule has 27 heavy (non-hydrogen) atoms. The van der Waals surface area contributed by atoms with Gasteiger partial charge in [0.1, 0.15) is 5.82 Å². The molecular weight excluding hydrogens is 367 g/mol. The lowest BCUT2D eigenvalue weighted by molar-refractivity contribution is -0.149. The zero-order valence-electron chi connectivity index (χ0n) is 15.0. The van der Waals surface area contributed by atoms with Crippen LogP contribution in [-0.2, 0) is 9.53 Å². The van der Waals surface area contributed by atoms with E-state index in [0.717, 1.165) is 16.0 Å². The van der Waals surface area contributed by atoms with Crippen LogP contribution in [0.4, 0.5) is 4.39 Å². The number of halogens is 1. The molecule has 3 aromatic rings. The van der Waals surface area contributed by atoms with Crippen LogP contribution in [0.15, 0.2) is 57.8 Å². The van der Waals surface area contributed by atoms with Crippen LogP contribution in [-0.4, -0.2) is 21.9 Å². The Morgan fingerprint density at radius 1 is 1.15 bits per heavy atom. The number of aromatic nitrogens is 2. The SMILES string of the molecule is Cc1ccc(-c2nnc([C@H](C)OC(=O)CCSc3ccc(F)cc3)o2)cc1. The number of hydrogen-bond donors (Lipinski definition) is 0. The Balaban J connectivity index is 1.49. The molecule has 2 aromatic carbocycles. The quantitative estimate of drug-likeness (QED) is 0.422. The maximum Gasteiger partial charge on any atom is 0.307 e. The fourth-order valence-corrected chi connectivity index (χ4v) is 3.13. The molecule has 140 valence electrons. The van der Waals surface area contributed by atoms with Crippen molar-refractivity contribution in [1.29, 1.82) is 0 Å². The fraction of sp³-hybridized carbons (Fsp3) is 0.250. The molecule has 0 saturated heterocycles. The van der Waals surface area contributed by atoms with Crippen molar-refractivity contribution in [3.63, 3.8) is 0 Å². The first-order chi connectivity index (χ1) is 13.0. The molecule has 1 aromatic heterocycles. The third-order valence-electron chi connectivity index (χ3n) is 3.78. The molecule has 0 radical (unpaired) electrons. The van der Waals surface area contributed by atoms with Crippen LogP contribution in [0.25, 0.3) is 11.5 Å². The van der Waals surface area contributed by atoms with Crippen molar-refractivity contribution in [3.8, 4) is 11.5 Å². The number of carbonyl (C=O) groups excluding carboxylic acids is 1. The van der Waals surface area contributed by atoms with Gasteiger partial charge in [-0.2, -0.15) is 0 Å². The number of nitrogens with zero attached hydrogens (tertiary/aromatic N) is 2. The van der Waals surface area contributed by atoms with Gasteiger partial charge in [0.25, 0.3) is 5.89 Å². The van der Waals surface area contributed by atoms with E-state index in [9.17, 15) is 9.18 Å². The van der Waals surface area contributed by atoms with Crippen molar-refractivity contribution in [1.82, 2.24) is 10.2 Å². The first-order valence-electron chi connectivity index (χ1n) is 8.49. The highest BCUT2D eigenvalue weighted by Crippen LogP contribution is 2.24. The predicted molar refractivity (Wildman–Crippen MR) is 101 cm³/mol. The van der Waals surface area contributed by atoms with Gasteiger partial charge in [-0.25, -0.2) is 4.39 Å². The topological polar surface area (TPSA) is 65.2 Å². The highest BCUT2D eigenvalue weighted by atomic mass is 32.2. The Labute approximate surface area is 161 Å². The Hall–Kier alpha value is -2.67. The van der Waals surface area contributed by atoms with Crippen LogP contribution in [0, 0.1) is 12.7 Å². The van der Waals surface area contributed by atoms with Crippen LogP contribution in [0.2, 0.25) is 0 Å². The first kappa shape index (κ1) is 19.1. The average molecular weight is 386 g/mol. The second kappa shape index (κ2) is 8.81. The smallest absolute Gasteiger partial charge is 0.307 e. The van der Waals surface area contributed by atoms with Crippen molar-refractivity contribution in [2.45, 2.75) is 31.3 Å². The molecule has 0 N–H and O–H groups in total. The molecule has 0 saturated carbocycles. The monoisotopic (exact) mass is 386 g/mol. The summed E-state index contributed by atoms with van der Waals surface area (Å²) in [5, 5.41) is 7.98. The van der Waals surface area contributed by atoms with Crippen molar-refractivity contribution < 1.29 is 18.3 Å². The highest BCUT2D eigenvalue weighted by Gasteiger charge is 2.19. The normalized spacial score (nSPS) is 12.0. The number of ether oxygens (including phenoxy) is 1. The summed E-state index contributed by atoms with van der Waals surface area (Å²) in [5.41, 5.74) is 1.95. The summed E-state index contributed by atoms with van der Waals surface area (Å²) in [4.78, 5) is 12.9. The number of rotatable bonds is 7. The van der Waals surface area contributed by atoms with Gasteiger partial charge in [-0.3, -0.25) is 4.79 Å². The summed E-state index contributed by atoms with van der Waals surface area (Å²) in [6, 6.07) is 13.9. The average Bonchev–Trinajstić information content (AvgIpc) is 3.14. The second-order valence-corrected chi connectivity index (χ2v) is 7.16. The standard InChI is InChI=1S/C20H19FN2O3S/c1-13-3-5-15(6-4-13)20-23-22-19(26-20)14(2)25-18(24)11-12-27-17-9-7-16(21)8-10-17/h3-10,14H,11-12H2,1-2H3/t14-/m0/s1. The van der Waals surface area contributed by atoms with E-state index < -0.39 is 6.10 Å². The van der Waals surface area contributed by atoms with Gasteiger partial charge in [-0.1, -0.05) is 17.7 Å². The van der Waals surface area contributed by atoms with Gasteiger partial charge in [0, 0.05) is 16.2 Å². The molecule has 1 atom stereocenters. The van der Waals surface area contributed by atoms with Crippen molar-refractivity contribution in [3.05, 3.63) is 65.8 Å². The summed E-state index contributed by atoms with van der Waals surface area (Å²) in [6.07, 6.45) is -0.397. The van der Waals surface area contributed by atoms with Crippen molar-refractivity contribution >= 4 is 17.7 Å². The molecule has 0 unspecified atom stereocenters. The Bertz CT molecular complexity index is 894. The van der Waals surface area contributed by atoms with E-state index >= 15 is 0 Å². The minimum atomic E-state index is -0.625. The van der Waals surface area contributed by atoms with Crippen LogP contribution >= 0.6 is 11.8 Å². The number of aryl methyl sites for hydroxylation is 1. The molecule has 3 rings (SSSR count). The molecule has 1 heterocycles. The van der Waals surface area contributed by atoms with Crippen molar-refractivity contribution in [2.75, 3.05) is 5.75 Å². The number of hydrogen-bond acceptors (Lipinski definition) is 6. The third kappa shape index (κ3) is 5.40. The van der Waals surface area contributed by atoms with E-state index in [-0.39, 0.29) is 24.1 Å². The van der Waals surface area contributed by atoms with Crippen LogP contribution < -0.4 is 0 Å². The number of esters is 1. The molecule has 5 nitrogen and oxygen atoms in total. The van der Waals surface area contributed by atoms with Gasteiger partial charge in [-0.05, 0) is 50.2 Å². The van der Waals surface area contributed by atoms with E-state index in [1.165, 1.54) is 23.9 Å². The number of thioether (sulfide) groups is 1. The Morgan fingerprint density at radius 2 is 1.85 bits per heavy atom. The van der Waals surface area contributed by atoms with Crippen LogP contribution in [0.1, 0.15) is 30.9 Å². The van der Waals surface area contributed by atoms with E-state index in [1.807, 2.05) is 31.2 Å². The minimum absolute atomic E-state index is 0.228. The summed E-state index contributed by atoms with van der Waals surface area (Å²) in [6.45, 7) is 3.69. The lowest BCUT2D eigenvalue weighted by Crippen LogP contribution is -2.09.